The van der Waals surface area contributed by atoms with Crippen LogP contribution >= 0.6 is 0 Å². The molecule has 178 valence electrons. The lowest BCUT2D eigenvalue weighted by atomic mass is 10.1. The molecule has 1 heterocycles. The number of nitrogens with one attached hydrogen (secondary N) is 1. The highest BCUT2D eigenvalue weighted by molar-refractivity contribution is 7.90. The van der Waals surface area contributed by atoms with Crippen molar-refractivity contribution >= 4 is 15.5 Å². The molecule has 0 aliphatic rings. The first-order valence-electron chi connectivity index (χ1n) is 10.1. The van der Waals surface area contributed by atoms with Crippen LogP contribution in [0.2, 0.25) is 0 Å². The lowest BCUT2D eigenvalue weighted by Crippen LogP contribution is -2.12. The summed E-state index contributed by atoms with van der Waals surface area (Å²) in [6.07, 6.45) is -2.59. The van der Waals surface area contributed by atoms with Gasteiger partial charge in [0.15, 0.2) is 9.84 Å². The zero-order valence-corrected chi connectivity index (χ0v) is 19.1. The van der Waals surface area contributed by atoms with Gasteiger partial charge in [0, 0.05) is 41.9 Å². The fourth-order valence-corrected chi connectivity index (χ4v) is 4.44. The third kappa shape index (κ3) is 5.56. The molecule has 0 spiro atoms. The average molecular weight is 485 g/mol. The SMILES string of the molecule is Cc1c(CNc2ccc(S(C)(=O)=O)c(F)c2)cc(CC(C)O)n1-c1ccc(F)cc1C(F)F. The van der Waals surface area contributed by atoms with Crippen molar-refractivity contribution in [2.75, 3.05) is 11.6 Å². The van der Waals surface area contributed by atoms with Gasteiger partial charge in [-0.2, -0.15) is 0 Å². The number of halogens is 4. The van der Waals surface area contributed by atoms with Gasteiger partial charge in [-0.05, 0) is 61.9 Å². The zero-order chi connectivity index (χ0) is 24.5. The number of alkyl halides is 2. The maximum absolute atomic E-state index is 14.2. The molecule has 2 aromatic carbocycles. The number of benzene rings is 2. The number of aliphatic hydroxyl groups excluding tert-OH is 1. The third-order valence-corrected chi connectivity index (χ3v) is 6.34. The van der Waals surface area contributed by atoms with Crippen molar-refractivity contribution in [3.8, 4) is 5.69 Å². The topological polar surface area (TPSA) is 71.3 Å². The zero-order valence-electron chi connectivity index (χ0n) is 18.2. The Hall–Kier alpha value is -2.85. The van der Waals surface area contributed by atoms with Gasteiger partial charge < -0.3 is 15.0 Å². The summed E-state index contributed by atoms with van der Waals surface area (Å²) in [5.41, 5.74) is 1.78. The van der Waals surface area contributed by atoms with Crippen LogP contribution in [0.15, 0.2) is 47.4 Å². The Morgan fingerprint density at radius 1 is 1.09 bits per heavy atom. The van der Waals surface area contributed by atoms with Crippen LogP contribution in [0.25, 0.3) is 5.69 Å². The predicted octanol–water partition coefficient (Wildman–Crippen LogP) is 4.94. The van der Waals surface area contributed by atoms with Gasteiger partial charge in [0.05, 0.1) is 11.8 Å². The third-order valence-electron chi connectivity index (χ3n) is 5.21. The minimum atomic E-state index is -3.70. The summed E-state index contributed by atoms with van der Waals surface area (Å²) in [4.78, 5) is -0.412. The smallest absolute Gasteiger partial charge is 0.265 e. The Morgan fingerprint density at radius 3 is 2.36 bits per heavy atom. The monoisotopic (exact) mass is 484 g/mol. The van der Waals surface area contributed by atoms with Crippen LogP contribution in [0.3, 0.4) is 0 Å². The molecule has 3 rings (SSSR count). The second-order valence-electron chi connectivity index (χ2n) is 7.91. The number of nitrogens with zero attached hydrogens (tertiary/aromatic N) is 1. The van der Waals surface area contributed by atoms with E-state index in [0.29, 0.717) is 22.6 Å². The molecular weight excluding hydrogens is 460 g/mol. The molecule has 0 aliphatic heterocycles. The van der Waals surface area contributed by atoms with Crippen molar-refractivity contribution in [1.82, 2.24) is 4.57 Å². The van der Waals surface area contributed by atoms with Crippen LogP contribution in [0.5, 0.6) is 0 Å². The molecule has 0 bridgehead atoms. The Morgan fingerprint density at radius 2 is 1.79 bits per heavy atom. The molecule has 0 amide bonds. The Kier molecular flexibility index (Phi) is 7.18. The molecule has 0 saturated heterocycles. The molecule has 0 saturated carbocycles. The van der Waals surface area contributed by atoms with Crippen molar-refractivity contribution in [3.63, 3.8) is 0 Å². The van der Waals surface area contributed by atoms with E-state index in [0.717, 1.165) is 30.5 Å². The highest BCUT2D eigenvalue weighted by Crippen LogP contribution is 2.31. The van der Waals surface area contributed by atoms with Crippen molar-refractivity contribution in [1.29, 1.82) is 0 Å². The number of sulfone groups is 1. The number of hydrogen-bond donors (Lipinski definition) is 2. The van der Waals surface area contributed by atoms with Gasteiger partial charge in [0.2, 0.25) is 0 Å². The van der Waals surface area contributed by atoms with Crippen LogP contribution < -0.4 is 5.32 Å². The summed E-state index contributed by atoms with van der Waals surface area (Å²) >= 11 is 0. The molecule has 5 nitrogen and oxygen atoms in total. The van der Waals surface area contributed by atoms with E-state index in [1.165, 1.54) is 12.1 Å². The molecule has 0 radical (unpaired) electrons. The van der Waals surface area contributed by atoms with Crippen LogP contribution in [0.1, 0.15) is 35.9 Å². The van der Waals surface area contributed by atoms with Crippen molar-refractivity contribution < 1.29 is 31.1 Å². The normalized spacial score (nSPS) is 12.9. The molecular formula is C23H24F4N2O3S. The number of aromatic nitrogens is 1. The van der Waals surface area contributed by atoms with Gasteiger partial charge in [0.25, 0.3) is 6.43 Å². The van der Waals surface area contributed by atoms with Gasteiger partial charge in [-0.3, -0.25) is 0 Å². The lowest BCUT2D eigenvalue weighted by Gasteiger charge is -2.17. The lowest BCUT2D eigenvalue weighted by molar-refractivity contribution is 0.150. The van der Waals surface area contributed by atoms with Gasteiger partial charge in [0.1, 0.15) is 16.5 Å². The molecule has 33 heavy (non-hydrogen) atoms. The second kappa shape index (κ2) is 9.56. The maximum atomic E-state index is 14.2. The van der Waals surface area contributed by atoms with Crippen molar-refractivity contribution in [2.45, 2.75) is 44.2 Å². The van der Waals surface area contributed by atoms with Crippen LogP contribution in [0, 0.1) is 18.6 Å². The van der Waals surface area contributed by atoms with Crippen molar-refractivity contribution in [2.24, 2.45) is 0 Å². The molecule has 3 aromatic rings. The quantitative estimate of drug-likeness (QED) is 0.445. The fraction of sp³-hybridized carbons (Fsp3) is 0.304. The van der Waals surface area contributed by atoms with E-state index in [1.54, 1.807) is 24.5 Å². The summed E-state index contributed by atoms with van der Waals surface area (Å²) in [5, 5.41) is 12.9. The molecule has 1 atom stereocenters. The molecule has 0 aliphatic carbocycles. The van der Waals surface area contributed by atoms with E-state index in [1.807, 2.05) is 0 Å². The summed E-state index contributed by atoms with van der Waals surface area (Å²) in [5.74, 6) is -1.67. The van der Waals surface area contributed by atoms with Crippen LogP contribution in [-0.2, 0) is 22.8 Å². The summed E-state index contributed by atoms with van der Waals surface area (Å²) in [7, 11) is -3.70. The number of rotatable bonds is 8. The predicted molar refractivity (Wildman–Crippen MR) is 118 cm³/mol. The molecule has 1 aromatic heterocycles. The largest absolute Gasteiger partial charge is 0.393 e. The molecule has 2 N–H and O–H groups in total. The first-order chi connectivity index (χ1) is 15.4. The number of hydrogen-bond acceptors (Lipinski definition) is 4. The number of anilines is 1. The van der Waals surface area contributed by atoms with Gasteiger partial charge >= 0.3 is 0 Å². The van der Waals surface area contributed by atoms with E-state index in [-0.39, 0.29) is 18.7 Å². The van der Waals surface area contributed by atoms with Gasteiger partial charge in [-0.25, -0.2) is 26.0 Å². The highest BCUT2D eigenvalue weighted by Gasteiger charge is 2.21. The summed E-state index contributed by atoms with van der Waals surface area (Å²) in [6, 6.07) is 8.54. The van der Waals surface area contributed by atoms with E-state index < -0.39 is 44.5 Å². The van der Waals surface area contributed by atoms with E-state index in [4.69, 9.17) is 0 Å². The number of aliphatic hydroxyl groups is 1. The molecule has 1 unspecified atom stereocenters. The van der Waals surface area contributed by atoms with Crippen molar-refractivity contribution in [3.05, 3.63) is 76.6 Å². The Bertz CT molecular complexity index is 1270. The molecule has 0 fully saturated rings. The Balaban J connectivity index is 1.99. The first kappa shape index (κ1) is 24.8. The highest BCUT2D eigenvalue weighted by atomic mass is 32.2. The van der Waals surface area contributed by atoms with E-state index in [9.17, 15) is 31.1 Å². The minimum Gasteiger partial charge on any atom is -0.393 e. The van der Waals surface area contributed by atoms with Crippen LogP contribution in [0.4, 0.5) is 23.2 Å². The van der Waals surface area contributed by atoms with Crippen LogP contribution in [-0.4, -0.2) is 30.5 Å². The Labute approximate surface area is 189 Å². The summed E-state index contributed by atoms with van der Waals surface area (Å²) < 4.78 is 79.8. The maximum Gasteiger partial charge on any atom is 0.265 e. The average Bonchev–Trinajstić information content (AvgIpc) is 2.99. The summed E-state index contributed by atoms with van der Waals surface area (Å²) in [6.45, 7) is 3.44. The first-order valence-corrected chi connectivity index (χ1v) is 12.0. The fourth-order valence-electron chi connectivity index (χ4n) is 3.71. The van der Waals surface area contributed by atoms with E-state index >= 15 is 0 Å². The molecule has 10 heteroatoms. The van der Waals surface area contributed by atoms with Gasteiger partial charge in [-0.1, -0.05) is 0 Å². The van der Waals surface area contributed by atoms with E-state index in [2.05, 4.69) is 5.32 Å². The minimum absolute atomic E-state index is 0.106. The van der Waals surface area contributed by atoms with Gasteiger partial charge in [-0.15, -0.1) is 0 Å². The second-order valence-corrected chi connectivity index (χ2v) is 9.89. The standard InChI is InChI=1S/C23H24F4N2O3S/c1-13(30)8-18-9-15(12-28-17-5-7-22(20(25)11-17)33(3,31)32)14(2)29(18)21-6-4-16(24)10-19(21)23(26)27/h4-7,9-11,13,23,28,30H,8,12H2,1-3H3.